The van der Waals surface area contributed by atoms with Crippen molar-refractivity contribution in [2.75, 3.05) is 0 Å². The molecule has 0 radical (unpaired) electrons. The molecular weight excluding hydrogens is 172 g/mol. The van der Waals surface area contributed by atoms with E-state index in [4.69, 9.17) is 0 Å². The Morgan fingerprint density at radius 2 is 2.09 bits per heavy atom. The number of carbonyl (C=O) groups excluding carboxylic acids is 1. The normalized spacial score (nSPS) is 11.5. The highest BCUT2D eigenvalue weighted by Crippen LogP contribution is 2.10. The molecule has 1 heterocycles. The third-order valence-corrected chi connectivity index (χ3v) is 4.69. The second-order valence-electron chi connectivity index (χ2n) is 3.57. The molecule has 1 aromatic heterocycles. The number of hydrogen-bond donors (Lipinski definition) is 0. The standard InChI is InChI=1S/C8H12OSSi/c1-11(2,3)8-4-5-10-7(8)6-9/h4-6H,1-3H3. The lowest BCUT2D eigenvalue weighted by atomic mass is 10.5. The largest absolute Gasteiger partial charge is 0.297 e. The topological polar surface area (TPSA) is 17.1 Å². The van der Waals surface area contributed by atoms with E-state index in [0.29, 0.717) is 0 Å². The average molecular weight is 184 g/mol. The van der Waals surface area contributed by atoms with Gasteiger partial charge in [0.05, 0.1) is 13.0 Å². The van der Waals surface area contributed by atoms with Crippen LogP contribution in [0.25, 0.3) is 0 Å². The van der Waals surface area contributed by atoms with E-state index < -0.39 is 8.07 Å². The molecule has 0 amide bonds. The van der Waals surface area contributed by atoms with E-state index in [-0.39, 0.29) is 0 Å². The summed E-state index contributed by atoms with van der Waals surface area (Å²) >= 11 is 1.54. The van der Waals surface area contributed by atoms with Crippen molar-refractivity contribution in [2.24, 2.45) is 0 Å². The molecule has 11 heavy (non-hydrogen) atoms. The van der Waals surface area contributed by atoms with Crippen molar-refractivity contribution in [2.45, 2.75) is 19.6 Å². The summed E-state index contributed by atoms with van der Waals surface area (Å²) in [6, 6.07) is 2.08. The first kappa shape index (κ1) is 8.68. The Labute approximate surface area is 72.1 Å². The summed E-state index contributed by atoms with van der Waals surface area (Å²) in [5.41, 5.74) is 0. The summed E-state index contributed by atoms with van der Waals surface area (Å²) in [6.45, 7) is 6.76. The fraction of sp³-hybridized carbons (Fsp3) is 0.375. The van der Waals surface area contributed by atoms with Crippen molar-refractivity contribution in [3.63, 3.8) is 0 Å². The molecule has 0 saturated carbocycles. The summed E-state index contributed by atoms with van der Waals surface area (Å²) in [5.74, 6) is 0. The first-order valence-corrected chi connectivity index (χ1v) is 7.97. The maximum Gasteiger partial charge on any atom is 0.159 e. The number of aldehydes is 1. The van der Waals surface area contributed by atoms with Gasteiger partial charge in [-0.25, -0.2) is 0 Å². The highest BCUT2D eigenvalue weighted by Gasteiger charge is 2.20. The molecule has 0 fully saturated rings. The van der Waals surface area contributed by atoms with Crippen LogP contribution in [0.1, 0.15) is 9.67 Å². The average Bonchev–Trinajstić information content (AvgIpc) is 2.31. The summed E-state index contributed by atoms with van der Waals surface area (Å²) in [7, 11) is -1.27. The predicted octanol–water partition coefficient (Wildman–Crippen LogP) is 2.11. The van der Waals surface area contributed by atoms with E-state index in [1.165, 1.54) is 5.19 Å². The molecule has 1 rings (SSSR count). The van der Waals surface area contributed by atoms with Gasteiger partial charge in [0.1, 0.15) is 0 Å². The minimum Gasteiger partial charge on any atom is -0.297 e. The fourth-order valence-electron chi connectivity index (χ4n) is 1.03. The second-order valence-corrected chi connectivity index (χ2v) is 9.55. The molecular formula is C8H12OSSi. The van der Waals surface area contributed by atoms with Gasteiger partial charge < -0.3 is 0 Å². The summed E-state index contributed by atoms with van der Waals surface area (Å²) < 4.78 is 0. The zero-order valence-electron chi connectivity index (χ0n) is 7.05. The quantitative estimate of drug-likeness (QED) is 0.508. The molecule has 0 N–H and O–H groups in total. The molecule has 3 heteroatoms. The lowest BCUT2D eigenvalue weighted by Gasteiger charge is -2.14. The Kier molecular flexibility index (Phi) is 2.30. The van der Waals surface area contributed by atoms with E-state index in [1.807, 2.05) is 5.38 Å². The van der Waals surface area contributed by atoms with Gasteiger partial charge in [-0.2, -0.15) is 0 Å². The summed E-state index contributed by atoms with van der Waals surface area (Å²) in [5, 5.41) is 3.29. The molecule has 0 aliphatic carbocycles. The highest BCUT2D eigenvalue weighted by atomic mass is 32.1. The van der Waals surface area contributed by atoms with E-state index in [9.17, 15) is 4.79 Å². The van der Waals surface area contributed by atoms with Gasteiger partial charge in [0.2, 0.25) is 0 Å². The smallest absolute Gasteiger partial charge is 0.159 e. The number of carbonyl (C=O) groups is 1. The molecule has 0 atom stereocenters. The Morgan fingerprint density at radius 1 is 1.45 bits per heavy atom. The third-order valence-electron chi connectivity index (χ3n) is 1.61. The second kappa shape index (κ2) is 2.91. The molecule has 0 aliphatic heterocycles. The zero-order valence-corrected chi connectivity index (χ0v) is 8.87. The Morgan fingerprint density at radius 3 is 2.45 bits per heavy atom. The molecule has 0 aromatic carbocycles. The van der Waals surface area contributed by atoms with Crippen molar-refractivity contribution >= 4 is 30.9 Å². The summed E-state index contributed by atoms with van der Waals surface area (Å²) in [4.78, 5) is 11.5. The first-order chi connectivity index (χ1) is 5.05. The predicted molar refractivity (Wildman–Crippen MR) is 52.7 cm³/mol. The SMILES string of the molecule is C[Si](C)(C)c1ccsc1C=O. The van der Waals surface area contributed by atoms with Gasteiger partial charge in [-0.1, -0.05) is 25.7 Å². The minimum atomic E-state index is -1.27. The van der Waals surface area contributed by atoms with Gasteiger partial charge in [-0.05, 0) is 10.6 Å². The van der Waals surface area contributed by atoms with E-state index >= 15 is 0 Å². The monoisotopic (exact) mass is 184 g/mol. The van der Waals surface area contributed by atoms with Crippen LogP contribution in [0.2, 0.25) is 19.6 Å². The summed E-state index contributed by atoms with van der Waals surface area (Å²) in [6.07, 6.45) is 0.970. The highest BCUT2D eigenvalue weighted by molar-refractivity contribution is 7.14. The van der Waals surface area contributed by atoms with Crippen LogP contribution in [0.3, 0.4) is 0 Å². The minimum absolute atomic E-state index is 0.921. The van der Waals surface area contributed by atoms with Gasteiger partial charge >= 0.3 is 0 Å². The fourth-order valence-corrected chi connectivity index (χ4v) is 4.23. The molecule has 60 valence electrons. The van der Waals surface area contributed by atoms with Crippen LogP contribution in [0, 0.1) is 0 Å². The van der Waals surface area contributed by atoms with Crippen LogP contribution in [0.5, 0.6) is 0 Å². The van der Waals surface area contributed by atoms with Gasteiger partial charge in [0.25, 0.3) is 0 Å². The number of thiophene rings is 1. The van der Waals surface area contributed by atoms with Gasteiger partial charge in [0, 0.05) is 0 Å². The maximum absolute atomic E-state index is 10.6. The van der Waals surface area contributed by atoms with Gasteiger partial charge in [-0.15, -0.1) is 11.3 Å². The van der Waals surface area contributed by atoms with Crippen LogP contribution in [-0.4, -0.2) is 14.4 Å². The van der Waals surface area contributed by atoms with Crippen LogP contribution in [0.4, 0.5) is 0 Å². The van der Waals surface area contributed by atoms with Gasteiger partial charge in [0.15, 0.2) is 6.29 Å². The maximum atomic E-state index is 10.6. The molecule has 1 nitrogen and oxygen atoms in total. The lowest BCUT2D eigenvalue weighted by molar-refractivity contribution is 0.112. The van der Waals surface area contributed by atoms with Crippen LogP contribution in [0.15, 0.2) is 11.4 Å². The Balaban J connectivity index is 3.12. The van der Waals surface area contributed by atoms with E-state index in [2.05, 4.69) is 25.7 Å². The first-order valence-electron chi connectivity index (χ1n) is 3.59. The van der Waals surface area contributed by atoms with E-state index in [1.54, 1.807) is 11.3 Å². The molecule has 0 saturated heterocycles. The lowest BCUT2D eigenvalue weighted by Crippen LogP contribution is -2.38. The van der Waals surface area contributed by atoms with Crippen molar-refractivity contribution in [3.8, 4) is 0 Å². The van der Waals surface area contributed by atoms with Crippen molar-refractivity contribution in [3.05, 3.63) is 16.3 Å². The van der Waals surface area contributed by atoms with Crippen molar-refractivity contribution < 1.29 is 4.79 Å². The molecule has 0 aliphatic rings. The van der Waals surface area contributed by atoms with E-state index in [0.717, 1.165) is 11.2 Å². The van der Waals surface area contributed by atoms with Crippen molar-refractivity contribution in [1.82, 2.24) is 0 Å². The van der Waals surface area contributed by atoms with Crippen LogP contribution < -0.4 is 5.19 Å². The van der Waals surface area contributed by atoms with Gasteiger partial charge in [-0.3, -0.25) is 4.79 Å². The van der Waals surface area contributed by atoms with Crippen LogP contribution in [-0.2, 0) is 0 Å². The number of hydrogen-bond acceptors (Lipinski definition) is 2. The molecule has 1 aromatic rings. The molecule has 0 bridgehead atoms. The zero-order chi connectivity index (χ0) is 8.48. The van der Waals surface area contributed by atoms with Crippen LogP contribution >= 0.6 is 11.3 Å². The van der Waals surface area contributed by atoms with Crippen molar-refractivity contribution in [1.29, 1.82) is 0 Å². The Hall–Kier alpha value is -0.413. The Bertz CT molecular complexity index is 259. The number of rotatable bonds is 2. The third kappa shape index (κ3) is 1.78. The molecule has 0 spiro atoms. The molecule has 0 unspecified atom stereocenters.